The Bertz CT molecular complexity index is 1100. The highest BCUT2D eigenvalue weighted by Crippen LogP contribution is 2.36. The molecule has 0 bridgehead atoms. The molecular weight excluding hydrogens is 364 g/mol. The van der Waals surface area contributed by atoms with Gasteiger partial charge >= 0.3 is 0 Å². The van der Waals surface area contributed by atoms with Crippen molar-refractivity contribution in [1.29, 1.82) is 0 Å². The van der Waals surface area contributed by atoms with Crippen molar-refractivity contribution in [3.63, 3.8) is 0 Å². The van der Waals surface area contributed by atoms with E-state index in [1.165, 1.54) is 11.8 Å². The summed E-state index contributed by atoms with van der Waals surface area (Å²) in [6.07, 6.45) is 3.67. The van der Waals surface area contributed by atoms with Crippen molar-refractivity contribution in [1.82, 2.24) is 15.0 Å². The van der Waals surface area contributed by atoms with E-state index in [0.717, 1.165) is 33.4 Å². The van der Waals surface area contributed by atoms with E-state index in [1.54, 1.807) is 6.20 Å². The van der Waals surface area contributed by atoms with Gasteiger partial charge in [0.25, 0.3) is 0 Å². The van der Waals surface area contributed by atoms with Gasteiger partial charge in [-0.2, -0.15) is 0 Å². The minimum Gasteiger partial charge on any atom is -0.381 e. The van der Waals surface area contributed by atoms with Crippen molar-refractivity contribution >= 4 is 40.1 Å². The number of thioether (sulfide) groups is 1. The smallest absolute Gasteiger partial charge is 0.156 e. The first kappa shape index (κ1) is 16.8. The van der Waals surface area contributed by atoms with Crippen LogP contribution in [0.2, 0.25) is 5.02 Å². The Morgan fingerprint density at radius 3 is 2.46 bits per heavy atom. The van der Waals surface area contributed by atoms with Crippen LogP contribution in [0.15, 0.2) is 65.8 Å². The second-order valence-corrected chi connectivity index (χ2v) is 6.92. The molecule has 0 unspecified atom stereocenters. The third-order valence-electron chi connectivity index (χ3n) is 4.06. The van der Waals surface area contributed by atoms with Gasteiger partial charge in [-0.15, -0.1) is 11.8 Å². The Hall–Kier alpha value is -2.63. The number of halogens is 1. The van der Waals surface area contributed by atoms with Gasteiger partial charge in [0.05, 0.1) is 21.9 Å². The Morgan fingerprint density at radius 2 is 1.69 bits per heavy atom. The van der Waals surface area contributed by atoms with Gasteiger partial charge in [0.2, 0.25) is 0 Å². The van der Waals surface area contributed by atoms with Crippen molar-refractivity contribution in [2.75, 3.05) is 12.0 Å². The highest BCUT2D eigenvalue weighted by molar-refractivity contribution is 7.98. The fourth-order valence-corrected chi connectivity index (χ4v) is 3.58. The highest BCUT2D eigenvalue weighted by atomic mass is 35.5. The number of anilines is 1. The topological polar surface area (TPSA) is 64.7 Å². The maximum Gasteiger partial charge on any atom is 0.156 e. The second-order valence-electron chi connectivity index (χ2n) is 5.71. The molecule has 4 nitrogen and oxygen atoms in total. The summed E-state index contributed by atoms with van der Waals surface area (Å²) in [7, 11) is 0. The van der Waals surface area contributed by atoms with Crippen molar-refractivity contribution in [2.45, 2.75) is 5.03 Å². The van der Waals surface area contributed by atoms with E-state index in [1.807, 2.05) is 60.9 Å². The molecule has 0 radical (unpaired) electrons. The Morgan fingerprint density at radius 1 is 0.923 bits per heavy atom. The van der Waals surface area contributed by atoms with Gasteiger partial charge in [0.15, 0.2) is 5.82 Å². The molecule has 0 amide bonds. The van der Waals surface area contributed by atoms with Crippen LogP contribution >= 0.6 is 23.4 Å². The van der Waals surface area contributed by atoms with Crippen LogP contribution in [-0.2, 0) is 0 Å². The van der Waals surface area contributed by atoms with Crippen LogP contribution in [0.3, 0.4) is 0 Å². The summed E-state index contributed by atoms with van der Waals surface area (Å²) in [5.74, 6) is 0.425. The lowest BCUT2D eigenvalue weighted by Gasteiger charge is -2.13. The van der Waals surface area contributed by atoms with Crippen molar-refractivity contribution in [3.8, 4) is 22.5 Å². The summed E-state index contributed by atoms with van der Waals surface area (Å²) in [6, 6.07) is 17.7. The number of hydrogen-bond donors (Lipinski definition) is 1. The number of benzene rings is 2. The number of nitrogens with two attached hydrogens (primary N) is 1. The maximum atomic E-state index is 6.47. The minimum atomic E-state index is 0.425. The average molecular weight is 379 g/mol. The van der Waals surface area contributed by atoms with Gasteiger partial charge in [-0.3, -0.25) is 4.98 Å². The molecule has 6 heteroatoms. The maximum absolute atomic E-state index is 6.47. The zero-order valence-electron chi connectivity index (χ0n) is 14.0. The first-order valence-corrected chi connectivity index (χ1v) is 9.59. The van der Waals surface area contributed by atoms with E-state index < -0.39 is 0 Å². The molecule has 0 aliphatic carbocycles. The monoisotopic (exact) mass is 378 g/mol. The lowest BCUT2D eigenvalue weighted by molar-refractivity contribution is 1.08. The summed E-state index contributed by atoms with van der Waals surface area (Å²) in [4.78, 5) is 13.8. The number of nitrogens with zero attached hydrogens (tertiary/aromatic N) is 3. The Labute approximate surface area is 160 Å². The fraction of sp³-hybridized carbons (Fsp3) is 0.0500. The van der Waals surface area contributed by atoms with Gasteiger partial charge < -0.3 is 5.73 Å². The molecule has 2 aromatic carbocycles. The molecule has 0 saturated heterocycles. The molecule has 0 aliphatic rings. The van der Waals surface area contributed by atoms with E-state index in [-0.39, 0.29) is 0 Å². The Balaban J connectivity index is 2.01. The number of pyridine rings is 1. The Kier molecular flexibility index (Phi) is 4.49. The molecule has 0 spiro atoms. The van der Waals surface area contributed by atoms with E-state index in [9.17, 15) is 0 Å². The molecule has 2 N–H and O–H groups in total. The van der Waals surface area contributed by atoms with Gasteiger partial charge in [-0.25, -0.2) is 9.97 Å². The van der Waals surface area contributed by atoms with Crippen LogP contribution in [-0.4, -0.2) is 21.2 Å². The molecule has 128 valence electrons. The predicted molar refractivity (Wildman–Crippen MR) is 109 cm³/mol. The van der Waals surface area contributed by atoms with E-state index in [0.29, 0.717) is 15.9 Å². The molecule has 2 aromatic heterocycles. The lowest BCUT2D eigenvalue weighted by Crippen LogP contribution is -2.02. The van der Waals surface area contributed by atoms with Crippen LogP contribution in [0.5, 0.6) is 0 Å². The van der Waals surface area contributed by atoms with Gasteiger partial charge in [0.1, 0.15) is 5.03 Å². The summed E-state index contributed by atoms with van der Waals surface area (Å²) in [6.45, 7) is 0. The number of aromatic nitrogens is 3. The van der Waals surface area contributed by atoms with Crippen LogP contribution in [0, 0.1) is 0 Å². The summed E-state index contributed by atoms with van der Waals surface area (Å²) in [5.41, 5.74) is 10.2. The molecule has 0 aliphatic heterocycles. The summed E-state index contributed by atoms with van der Waals surface area (Å²) >= 11 is 7.95. The number of rotatable bonds is 3. The van der Waals surface area contributed by atoms with Gasteiger partial charge in [-0.1, -0.05) is 48.0 Å². The van der Waals surface area contributed by atoms with Crippen molar-refractivity contribution in [3.05, 3.63) is 65.8 Å². The standard InChI is InChI=1S/C20H15ClN4S/c1-26-20-19(22)24-17(12-6-3-2-4-7-12)18(25-20)14-10-13-8-5-9-23-16(13)15(21)11-14/h2-11H,1H3,(H2,22,24). The van der Waals surface area contributed by atoms with Gasteiger partial charge in [0, 0.05) is 22.7 Å². The first-order valence-electron chi connectivity index (χ1n) is 7.99. The van der Waals surface area contributed by atoms with Crippen molar-refractivity contribution < 1.29 is 0 Å². The quantitative estimate of drug-likeness (QED) is 0.489. The third-order valence-corrected chi connectivity index (χ3v) is 5.04. The third kappa shape index (κ3) is 3.00. The van der Waals surface area contributed by atoms with E-state index in [4.69, 9.17) is 22.3 Å². The van der Waals surface area contributed by atoms with E-state index >= 15 is 0 Å². The molecule has 0 atom stereocenters. The van der Waals surface area contributed by atoms with Crippen molar-refractivity contribution in [2.24, 2.45) is 0 Å². The minimum absolute atomic E-state index is 0.425. The molecule has 2 heterocycles. The largest absolute Gasteiger partial charge is 0.381 e. The number of nitrogen functional groups attached to an aromatic ring is 1. The fourth-order valence-electron chi connectivity index (χ4n) is 2.87. The molecule has 26 heavy (non-hydrogen) atoms. The lowest BCUT2D eigenvalue weighted by atomic mass is 10.0. The normalized spacial score (nSPS) is 11.0. The van der Waals surface area contributed by atoms with Gasteiger partial charge in [-0.05, 0) is 24.5 Å². The molecule has 4 rings (SSSR count). The molecule has 0 saturated carbocycles. The molecule has 0 fully saturated rings. The highest BCUT2D eigenvalue weighted by Gasteiger charge is 2.16. The first-order chi connectivity index (χ1) is 12.7. The zero-order valence-corrected chi connectivity index (χ0v) is 15.6. The van der Waals surface area contributed by atoms with Crippen LogP contribution in [0.25, 0.3) is 33.4 Å². The number of hydrogen-bond acceptors (Lipinski definition) is 5. The van der Waals surface area contributed by atoms with Crippen LogP contribution in [0.1, 0.15) is 0 Å². The summed E-state index contributed by atoms with van der Waals surface area (Å²) in [5, 5.41) is 2.24. The molecular formula is C20H15ClN4S. The SMILES string of the molecule is CSc1nc(-c2cc(Cl)c3ncccc3c2)c(-c2ccccc2)nc1N. The zero-order chi connectivity index (χ0) is 18.1. The average Bonchev–Trinajstić information content (AvgIpc) is 2.68. The second kappa shape index (κ2) is 6.94. The van der Waals surface area contributed by atoms with Crippen LogP contribution in [0.4, 0.5) is 5.82 Å². The summed E-state index contributed by atoms with van der Waals surface area (Å²) < 4.78 is 0. The van der Waals surface area contributed by atoms with E-state index in [2.05, 4.69) is 9.97 Å². The van der Waals surface area contributed by atoms with Crippen LogP contribution < -0.4 is 5.73 Å². The number of fused-ring (bicyclic) bond motifs is 1. The molecule has 4 aromatic rings. The predicted octanol–water partition coefficient (Wildman–Crippen LogP) is 5.32.